The van der Waals surface area contributed by atoms with Crippen LogP contribution < -0.4 is 0 Å². The van der Waals surface area contributed by atoms with Gasteiger partial charge in [-0.05, 0) is 31.1 Å². The minimum atomic E-state index is 0.112. The van der Waals surface area contributed by atoms with Crippen LogP contribution in [0, 0.1) is 0 Å². The van der Waals surface area contributed by atoms with Crippen LogP contribution in [0.4, 0.5) is 0 Å². The monoisotopic (exact) mass is 311 g/mol. The Morgan fingerprint density at radius 3 is 2.90 bits per heavy atom. The van der Waals surface area contributed by atoms with Gasteiger partial charge >= 0.3 is 0 Å². The number of aromatic nitrogens is 2. The molecule has 1 aromatic heterocycles. The Bertz CT molecular complexity index is 442. The lowest BCUT2D eigenvalue weighted by Gasteiger charge is -2.32. The lowest BCUT2D eigenvalue weighted by Crippen LogP contribution is -2.39. The van der Waals surface area contributed by atoms with Crippen molar-refractivity contribution in [3.05, 3.63) is 18.0 Å². The van der Waals surface area contributed by atoms with Gasteiger partial charge in [-0.3, -0.25) is 9.48 Å². The van der Waals surface area contributed by atoms with E-state index in [-0.39, 0.29) is 12.5 Å². The molecule has 0 saturated carbocycles. The highest BCUT2D eigenvalue weighted by Crippen LogP contribution is 2.28. The number of aliphatic hydroxyl groups excluding tert-OH is 1. The van der Waals surface area contributed by atoms with Crippen LogP contribution in [0.2, 0.25) is 0 Å². The number of nitrogens with zero attached hydrogens (tertiary/aromatic N) is 3. The van der Waals surface area contributed by atoms with Crippen LogP contribution in [0.3, 0.4) is 0 Å². The van der Waals surface area contributed by atoms with Crippen molar-refractivity contribution in [3.8, 4) is 0 Å². The van der Waals surface area contributed by atoms with Gasteiger partial charge in [0.2, 0.25) is 5.91 Å². The van der Waals surface area contributed by atoms with Gasteiger partial charge in [-0.15, -0.1) is 0 Å². The molecule has 2 rings (SSSR count). The Balaban J connectivity index is 1.82. The normalized spacial score (nSPS) is 16.4. The van der Waals surface area contributed by atoms with E-state index in [1.807, 2.05) is 15.6 Å². The highest BCUT2D eigenvalue weighted by molar-refractivity contribution is 7.99. The van der Waals surface area contributed by atoms with E-state index in [9.17, 15) is 4.79 Å². The molecule has 0 unspecified atom stereocenters. The molecule has 0 aromatic carbocycles. The van der Waals surface area contributed by atoms with Crippen LogP contribution in [0.15, 0.2) is 12.3 Å². The van der Waals surface area contributed by atoms with Crippen molar-refractivity contribution in [1.82, 2.24) is 14.7 Å². The fourth-order valence-electron chi connectivity index (χ4n) is 2.79. The van der Waals surface area contributed by atoms with Crippen LogP contribution in [-0.4, -0.2) is 56.9 Å². The second kappa shape index (κ2) is 8.44. The number of rotatable bonds is 7. The molecule has 0 radical (unpaired) electrons. The molecule has 118 valence electrons. The molecule has 5 nitrogen and oxygen atoms in total. The first-order valence-electron chi connectivity index (χ1n) is 7.74. The van der Waals surface area contributed by atoms with Gasteiger partial charge in [0, 0.05) is 30.9 Å². The molecule has 1 amide bonds. The zero-order chi connectivity index (χ0) is 15.1. The summed E-state index contributed by atoms with van der Waals surface area (Å²) in [6, 6.07) is 2.04. The number of amides is 1. The standard InChI is InChI=1S/C15H25N3O2S/c1-2-11-21-12-15(20)17-7-4-13(5-8-17)14-3-6-16-18(14)9-10-19/h3,6,13,19H,2,4-5,7-12H2,1H3. The summed E-state index contributed by atoms with van der Waals surface area (Å²) in [5.74, 6) is 2.39. The van der Waals surface area contributed by atoms with Crippen molar-refractivity contribution in [3.63, 3.8) is 0 Å². The fourth-order valence-corrected chi connectivity index (χ4v) is 3.58. The zero-order valence-electron chi connectivity index (χ0n) is 12.7. The van der Waals surface area contributed by atoms with Crippen molar-refractivity contribution in [2.24, 2.45) is 0 Å². The molecule has 1 aliphatic rings. The minimum absolute atomic E-state index is 0.112. The third-order valence-corrected chi connectivity index (χ3v) is 5.05. The van der Waals surface area contributed by atoms with Gasteiger partial charge < -0.3 is 10.0 Å². The second-order valence-electron chi connectivity index (χ2n) is 5.41. The van der Waals surface area contributed by atoms with Gasteiger partial charge in [0.05, 0.1) is 18.9 Å². The smallest absolute Gasteiger partial charge is 0.232 e. The summed E-state index contributed by atoms with van der Waals surface area (Å²) in [7, 11) is 0. The molecule has 1 aromatic rings. The van der Waals surface area contributed by atoms with Gasteiger partial charge in [0.25, 0.3) is 0 Å². The van der Waals surface area contributed by atoms with Gasteiger partial charge in [-0.1, -0.05) is 6.92 Å². The Labute approximate surface area is 130 Å². The number of thioether (sulfide) groups is 1. The third kappa shape index (κ3) is 4.48. The zero-order valence-corrected chi connectivity index (χ0v) is 13.5. The molecule has 2 heterocycles. The number of carbonyl (C=O) groups is 1. The first-order valence-corrected chi connectivity index (χ1v) is 8.89. The van der Waals surface area contributed by atoms with Gasteiger partial charge in [-0.2, -0.15) is 16.9 Å². The largest absolute Gasteiger partial charge is 0.394 e. The lowest BCUT2D eigenvalue weighted by molar-refractivity contribution is -0.129. The Morgan fingerprint density at radius 1 is 1.48 bits per heavy atom. The van der Waals surface area contributed by atoms with E-state index in [4.69, 9.17) is 5.11 Å². The molecule has 0 bridgehead atoms. The minimum Gasteiger partial charge on any atom is -0.394 e. The molecule has 0 aliphatic carbocycles. The Hall–Kier alpha value is -1.01. The maximum Gasteiger partial charge on any atom is 0.232 e. The average molecular weight is 311 g/mol. The topological polar surface area (TPSA) is 58.4 Å². The summed E-state index contributed by atoms with van der Waals surface area (Å²) in [4.78, 5) is 14.1. The van der Waals surface area contributed by atoms with Crippen LogP contribution in [-0.2, 0) is 11.3 Å². The summed E-state index contributed by atoms with van der Waals surface area (Å²) < 4.78 is 1.89. The molecular weight excluding hydrogens is 286 g/mol. The van der Waals surface area contributed by atoms with Crippen molar-refractivity contribution in [2.45, 2.75) is 38.6 Å². The summed E-state index contributed by atoms with van der Waals surface area (Å²) in [5.41, 5.74) is 1.19. The van der Waals surface area contributed by atoms with Crippen LogP contribution in [0.5, 0.6) is 0 Å². The highest BCUT2D eigenvalue weighted by Gasteiger charge is 2.25. The quantitative estimate of drug-likeness (QED) is 0.779. The molecule has 6 heteroatoms. The number of hydrogen-bond acceptors (Lipinski definition) is 4. The van der Waals surface area contributed by atoms with Crippen LogP contribution in [0.1, 0.15) is 37.8 Å². The van der Waals surface area contributed by atoms with Crippen LogP contribution >= 0.6 is 11.8 Å². The molecule has 1 saturated heterocycles. The molecule has 21 heavy (non-hydrogen) atoms. The van der Waals surface area contributed by atoms with Crippen molar-refractivity contribution in [1.29, 1.82) is 0 Å². The number of piperidine rings is 1. The van der Waals surface area contributed by atoms with Gasteiger partial charge in [-0.25, -0.2) is 0 Å². The van der Waals surface area contributed by atoms with Gasteiger partial charge in [0.15, 0.2) is 0 Å². The Morgan fingerprint density at radius 2 is 2.24 bits per heavy atom. The van der Waals surface area contributed by atoms with Gasteiger partial charge in [0.1, 0.15) is 0 Å². The summed E-state index contributed by atoms with van der Waals surface area (Å²) in [5, 5.41) is 13.3. The van der Waals surface area contributed by atoms with E-state index >= 15 is 0 Å². The summed E-state index contributed by atoms with van der Waals surface area (Å²) in [6.07, 6.45) is 4.89. The number of hydrogen-bond donors (Lipinski definition) is 1. The molecule has 1 N–H and O–H groups in total. The Kier molecular flexibility index (Phi) is 6.57. The average Bonchev–Trinajstić information content (AvgIpc) is 2.96. The summed E-state index contributed by atoms with van der Waals surface area (Å²) >= 11 is 1.73. The van der Waals surface area contributed by atoms with E-state index in [0.717, 1.165) is 38.1 Å². The predicted octanol–water partition coefficient (Wildman–Crippen LogP) is 1.72. The fraction of sp³-hybridized carbons (Fsp3) is 0.733. The molecule has 0 atom stereocenters. The van der Waals surface area contributed by atoms with E-state index in [1.165, 1.54) is 5.69 Å². The van der Waals surface area contributed by atoms with Crippen LogP contribution in [0.25, 0.3) is 0 Å². The number of aliphatic hydroxyl groups is 1. The number of likely N-dealkylation sites (tertiary alicyclic amines) is 1. The highest BCUT2D eigenvalue weighted by atomic mass is 32.2. The summed E-state index contributed by atoms with van der Waals surface area (Å²) in [6.45, 7) is 4.47. The number of carbonyl (C=O) groups excluding carboxylic acids is 1. The maximum absolute atomic E-state index is 12.1. The van der Waals surface area contributed by atoms with E-state index in [1.54, 1.807) is 18.0 Å². The van der Waals surface area contributed by atoms with Crippen molar-refractivity contribution < 1.29 is 9.90 Å². The van der Waals surface area contributed by atoms with E-state index in [0.29, 0.717) is 18.2 Å². The lowest BCUT2D eigenvalue weighted by atomic mass is 9.93. The van der Waals surface area contributed by atoms with E-state index < -0.39 is 0 Å². The first-order chi connectivity index (χ1) is 10.3. The molecular formula is C15H25N3O2S. The van der Waals surface area contributed by atoms with Crippen molar-refractivity contribution in [2.75, 3.05) is 31.2 Å². The maximum atomic E-state index is 12.1. The predicted molar refractivity (Wildman–Crippen MR) is 85.5 cm³/mol. The SMILES string of the molecule is CCCSCC(=O)N1CCC(c2ccnn2CCO)CC1. The first kappa shape index (κ1) is 16.4. The second-order valence-corrected chi connectivity index (χ2v) is 6.52. The molecule has 1 aliphatic heterocycles. The molecule has 1 fully saturated rings. The van der Waals surface area contributed by atoms with E-state index in [2.05, 4.69) is 12.0 Å². The van der Waals surface area contributed by atoms with Crippen molar-refractivity contribution >= 4 is 17.7 Å². The third-order valence-electron chi connectivity index (χ3n) is 3.90. The molecule has 0 spiro atoms.